The largest absolute Gasteiger partial charge is 0.504 e. The van der Waals surface area contributed by atoms with Crippen LogP contribution in [0.1, 0.15) is 6.42 Å². The van der Waals surface area contributed by atoms with Gasteiger partial charge in [0.2, 0.25) is 12.6 Å². The second-order valence-electron chi connectivity index (χ2n) is 6.50. The molecule has 2 aliphatic carbocycles. The Hall–Kier alpha value is -2.37. The highest BCUT2D eigenvalue weighted by atomic mass is 16.7. The monoisotopic (exact) mass is 354 g/mol. The average molecular weight is 354 g/mol. The first-order valence-electron chi connectivity index (χ1n) is 7.83. The van der Waals surface area contributed by atoms with Crippen molar-refractivity contribution in [1.82, 2.24) is 5.32 Å². The number of aliphatic hydroxyl groups is 4. The van der Waals surface area contributed by atoms with Crippen LogP contribution in [-0.2, 0) is 14.3 Å². The van der Waals surface area contributed by atoms with Crippen LogP contribution in [0.2, 0.25) is 0 Å². The quantitative estimate of drug-likeness (QED) is 0.177. The summed E-state index contributed by atoms with van der Waals surface area (Å²) >= 11 is 0. The zero-order valence-corrected chi connectivity index (χ0v) is 12.9. The van der Waals surface area contributed by atoms with Crippen molar-refractivity contribution in [2.75, 3.05) is 6.79 Å². The van der Waals surface area contributed by atoms with Gasteiger partial charge < -0.3 is 41.1 Å². The maximum absolute atomic E-state index is 12.5. The van der Waals surface area contributed by atoms with E-state index in [-0.39, 0.29) is 30.3 Å². The van der Waals surface area contributed by atoms with E-state index in [4.69, 9.17) is 15.3 Å². The Balaban J connectivity index is 1.81. The molecule has 136 valence electrons. The summed E-state index contributed by atoms with van der Waals surface area (Å²) in [6.45, 7) is -0.0691. The fourth-order valence-corrected chi connectivity index (χ4v) is 4.27. The van der Waals surface area contributed by atoms with Crippen molar-refractivity contribution in [3.8, 4) is 0 Å². The van der Waals surface area contributed by atoms with Gasteiger partial charge >= 0.3 is 0 Å². The van der Waals surface area contributed by atoms with Crippen molar-refractivity contribution in [3.63, 3.8) is 0 Å². The van der Waals surface area contributed by atoms with E-state index in [0.29, 0.717) is 5.76 Å². The highest BCUT2D eigenvalue weighted by molar-refractivity contribution is 5.96. The Labute approximate surface area is 141 Å². The molecule has 2 heterocycles. The van der Waals surface area contributed by atoms with Gasteiger partial charge in [-0.25, -0.2) is 0 Å². The van der Waals surface area contributed by atoms with Gasteiger partial charge in [0.25, 0.3) is 5.91 Å². The molecular formula is C14H18N4O7. The van der Waals surface area contributed by atoms with E-state index in [9.17, 15) is 25.2 Å². The van der Waals surface area contributed by atoms with Crippen LogP contribution < -0.4 is 11.2 Å². The predicted molar refractivity (Wildman–Crippen MR) is 78.1 cm³/mol. The summed E-state index contributed by atoms with van der Waals surface area (Å²) in [5.41, 5.74) is 0.0681. The normalized spacial score (nSPS) is 43.2. The van der Waals surface area contributed by atoms with Crippen molar-refractivity contribution in [1.29, 1.82) is 0 Å². The Morgan fingerprint density at radius 3 is 2.64 bits per heavy atom. The fraction of sp³-hybridized carbons (Fsp3) is 0.643. The Morgan fingerprint density at radius 1 is 1.16 bits per heavy atom. The molecule has 1 saturated carbocycles. The second-order valence-corrected chi connectivity index (χ2v) is 6.50. The summed E-state index contributed by atoms with van der Waals surface area (Å²) in [6.07, 6.45) is -4.15. The van der Waals surface area contributed by atoms with E-state index in [1.165, 1.54) is 0 Å². The Morgan fingerprint density at radius 2 is 1.92 bits per heavy atom. The van der Waals surface area contributed by atoms with E-state index in [0.717, 1.165) is 0 Å². The van der Waals surface area contributed by atoms with E-state index in [1.807, 2.05) is 0 Å². The second kappa shape index (κ2) is 5.58. The smallest absolute Gasteiger partial charge is 0.251 e. The molecule has 25 heavy (non-hydrogen) atoms. The van der Waals surface area contributed by atoms with Crippen LogP contribution in [0.15, 0.2) is 33.2 Å². The maximum Gasteiger partial charge on any atom is 0.251 e. The van der Waals surface area contributed by atoms with E-state index in [2.05, 4.69) is 15.7 Å². The molecule has 4 rings (SSSR count). The van der Waals surface area contributed by atoms with Crippen molar-refractivity contribution >= 4 is 5.91 Å². The minimum absolute atomic E-state index is 0.0681. The van der Waals surface area contributed by atoms with Gasteiger partial charge in [0.15, 0.2) is 5.76 Å². The number of nitrogens with zero attached hydrogens (tertiary/aromatic N) is 2. The van der Waals surface area contributed by atoms with E-state index >= 15 is 0 Å². The van der Waals surface area contributed by atoms with Gasteiger partial charge in [0, 0.05) is 18.3 Å². The molecule has 4 aliphatic rings. The third-order valence-corrected chi connectivity index (χ3v) is 5.37. The number of aliphatic hydroxyl groups excluding tert-OH is 4. The standard InChI is InChI=1S/C14H18N4O7/c15-18-17-8-5-3-1-4-13(25-2-24-4)9(19)6(3)14(23)16-7(5)10(20)12(22)11(8)21/h3,5,7-8,10-12,19-22H,1-2H2,(H2,15,17)(H,16,23)/t3?,5-,7-,8-,10+,11+,12+/m1/s1. The molecule has 11 nitrogen and oxygen atoms in total. The van der Waals surface area contributed by atoms with Crippen LogP contribution in [0, 0.1) is 11.8 Å². The zero-order valence-electron chi connectivity index (χ0n) is 12.9. The van der Waals surface area contributed by atoms with Gasteiger partial charge in [-0.2, -0.15) is 5.11 Å². The molecular weight excluding hydrogens is 336 g/mol. The number of nitrogens with one attached hydrogen (secondary N) is 1. The first-order valence-corrected chi connectivity index (χ1v) is 7.83. The summed E-state index contributed by atoms with van der Waals surface area (Å²) in [5, 5.41) is 50.7. The van der Waals surface area contributed by atoms with Gasteiger partial charge in [-0.05, 0) is 0 Å². The number of hydrogen-bond acceptors (Lipinski definition) is 9. The molecule has 11 heteroatoms. The summed E-state index contributed by atoms with van der Waals surface area (Å²) in [5.74, 6) is 3.44. The topological polar surface area (TPSA) is 179 Å². The minimum atomic E-state index is -1.53. The van der Waals surface area contributed by atoms with Gasteiger partial charge in [-0.3, -0.25) is 4.79 Å². The molecule has 1 saturated heterocycles. The van der Waals surface area contributed by atoms with Crippen LogP contribution in [0.25, 0.3) is 0 Å². The number of carbonyl (C=O) groups excluding carboxylic acids is 1. The number of allylic oxidation sites excluding steroid dienone is 1. The fourth-order valence-electron chi connectivity index (χ4n) is 4.27. The molecule has 7 atom stereocenters. The van der Waals surface area contributed by atoms with Gasteiger partial charge in [0.1, 0.15) is 30.1 Å². The number of nitrogens with two attached hydrogens (primary N) is 1. The lowest BCUT2D eigenvalue weighted by Crippen LogP contribution is -2.69. The average Bonchev–Trinajstić information content (AvgIpc) is 3.06. The number of hydrogen-bond donors (Lipinski definition) is 6. The van der Waals surface area contributed by atoms with Crippen molar-refractivity contribution in [2.45, 2.75) is 36.8 Å². The number of carbonyl (C=O) groups is 1. The van der Waals surface area contributed by atoms with Gasteiger partial charge in [0.05, 0.1) is 11.6 Å². The van der Waals surface area contributed by atoms with Crippen LogP contribution in [0.3, 0.4) is 0 Å². The minimum Gasteiger partial charge on any atom is -0.504 e. The highest BCUT2D eigenvalue weighted by Crippen LogP contribution is 2.48. The molecule has 0 aromatic heterocycles. The van der Waals surface area contributed by atoms with Gasteiger partial charge in [-0.15, -0.1) is 0 Å². The number of amides is 1. The van der Waals surface area contributed by atoms with Crippen LogP contribution in [0.4, 0.5) is 0 Å². The number of rotatable bonds is 1. The third-order valence-electron chi connectivity index (χ3n) is 5.37. The Bertz CT molecular complexity index is 705. The third kappa shape index (κ3) is 2.12. The molecule has 0 aromatic carbocycles. The number of fused-ring (bicyclic) bond motifs is 3. The molecule has 1 amide bonds. The molecule has 0 radical (unpaired) electrons. The first kappa shape index (κ1) is 16.1. The summed E-state index contributed by atoms with van der Waals surface area (Å²) in [4.78, 5) is 12.5. The van der Waals surface area contributed by atoms with Crippen LogP contribution in [-0.4, -0.2) is 63.5 Å². The summed E-state index contributed by atoms with van der Waals surface area (Å²) in [6, 6.07) is -1.88. The molecule has 1 unspecified atom stereocenters. The van der Waals surface area contributed by atoms with Crippen molar-refractivity contribution in [2.24, 2.45) is 28.0 Å². The molecule has 0 aromatic rings. The first-order chi connectivity index (χ1) is 12.0. The molecule has 2 aliphatic heterocycles. The lowest BCUT2D eigenvalue weighted by Gasteiger charge is -2.50. The maximum atomic E-state index is 12.5. The molecule has 2 fully saturated rings. The predicted octanol–water partition coefficient (Wildman–Crippen LogP) is -2.06. The highest BCUT2D eigenvalue weighted by Gasteiger charge is 2.58. The number of piperidine rings is 1. The van der Waals surface area contributed by atoms with Gasteiger partial charge in [-0.1, -0.05) is 5.22 Å². The SMILES string of the molecule is NN=N[C@H]1[C@H](O)[C@@H](O)[C@@H](O)[C@@H]2NC(=O)C3=C(O)C4=C(CC3[C@@H]12)OCO4. The zero-order chi connectivity index (χ0) is 17.9. The lowest BCUT2D eigenvalue weighted by atomic mass is 9.63. The van der Waals surface area contributed by atoms with Crippen molar-refractivity contribution in [3.05, 3.63) is 22.9 Å². The van der Waals surface area contributed by atoms with E-state index in [1.54, 1.807) is 0 Å². The molecule has 0 spiro atoms. The van der Waals surface area contributed by atoms with Crippen LogP contribution in [0.5, 0.6) is 0 Å². The molecule has 0 bridgehead atoms. The van der Waals surface area contributed by atoms with Crippen LogP contribution >= 0.6 is 0 Å². The van der Waals surface area contributed by atoms with Crippen molar-refractivity contribution < 1.29 is 34.7 Å². The summed E-state index contributed by atoms with van der Waals surface area (Å²) < 4.78 is 10.5. The lowest BCUT2D eigenvalue weighted by molar-refractivity contribution is -0.148. The summed E-state index contributed by atoms with van der Waals surface area (Å²) in [7, 11) is 0. The number of ether oxygens (including phenoxy) is 2. The Kier molecular flexibility index (Phi) is 3.60. The van der Waals surface area contributed by atoms with E-state index < -0.39 is 48.1 Å². The molecule has 7 N–H and O–H groups in total.